The van der Waals surface area contributed by atoms with Gasteiger partial charge in [0.25, 0.3) is 5.91 Å². The molecule has 1 saturated heterocycles. The number of nitrogens with one attached hydrogen (secondary N) is 1. The van der Waals surface area contributed by atoms with Gasteiger partial charge in [-0.3, -0.25) is 14.5 Å². The topological polar surface area (TPSA) is 71.5 Å². The average molecular weight is 484 g/mol. The number of anilines is 1. The highest BCUT2D eigenvalue weighted by Gasteiger charge is 2.35. The van der Waals surface area contributed by atoms with Gasteiger partial charge in [-0.05, 0) is 50.5 Å². The Morgan fingerprint density at radius 1 is 1.21 bits per heavy atom. The molecule has 0 radical (unpaired) electrons. The van der Waals surface area contributed by atoms with Gasteiger partial charge in [-0.15, -0.1) is 11.3 Å². The maximum absolute atomic E-state index is 13.9. The molecule has 33 heavy (non-hydrogen) atoms. The Bertz CT molecular complexity index is 1130. The highest BCUT2D eigenvalue weighted by atomic mass is 35.5. The van der Waals surface area contributed by atoms with Crippen LogP contribution in [-0.2, 0) is 9.53 Å². The first-order valence-corrected chi connectivity index (χ1v) is 12.1. The maximum atomic E-state index is 13.9. The fourth-order valence-electron chi connectivity index (χ4n) is 4.02. The molecule has 3 aromatic rings. The number of ether oxygens (including phenoxy) is 1. The Morgan fingerprint density at radius 2 is 2.00 bits per heavy atom. The Labute approximate surface area is 202 Å². The molecule has 0 unspecified atom stereocenters. The Balaban J connectivity index is 1.77. The number of amides is 2. The first-order valence-electron chi connectivity index (χ1n) is 10.9. The Morgan fingerprint density at radius 3 is 2.64 bits per heavy atom. The number of hydrogen-bond donors (Lipinski definition) is 1. The molecule has 2 amide bonds. The molecule has 2 aromatic carbocycles. The summed E-state index contributed by atoms with van der Waals surface area (Å²) in [4.78, 5) is 34.0. The summed E-state index contributed by atoms with van der Waals surface area (Å²) < 4.78 is 5.67. The van der Waals surface area contributed by atoms with Crippen LogP contribution in [0.15, 0.2) is 54.6 Å². The molecule has 2 heterocycles. The van der Waals surface area contributed by atoms with Crippen molar-refractivity contribution in [2.45, 2.75) is 38.8 Å². The van der Waals surface area contributed by atoms with E-state index in [2.05, 4.69) is 10.3 Å². The number of thiazole rings is 1. The number of hydrogen-bond acceptors (Lipinski definition) is 5. The van der Waals surface area contributed by atoms with Gasteiger partial charge in [0.05, 0.1) is 16.8 Å². The third kappa shape index (κ3) is 5.43. The van der Waals surface area contributed by atoms with Crippen molar-refractivity contribution in [1.29, 1.82) is 0 Å². The number of carbonyl (C=O) groups excluding carboxylic acids is 2. The van der Waals surface area contributed by atoms with Crippen molar-refractivity contribution < 1.29 is 14.3 Å². The smallest absolute Gasteiger partial charge is 0.271 e. The van der Waals surface area contributed by atoms with E-state index in [1.54, 1.807) is 24.3 Å². The van der Waals surface area contributed by atoms with Crippen molar-refractivity contribution in [2.75, 3.05) is 18.1 Å². The van der Waals surface area contributed by atoms with Gasteiger partial charge in [-0.1, -0.05) is 48.0 Å². The van der Waals surface area contributed by atoms with Crippen LogP contribution in [0, 0.1) is 13.8 Å². The fraction of sp³-hybridized carbons (Fsp3) is 0.320. The first kappa shape index (κ1) is 23.4. The number of rotatable bonds is 7. The second kappa shape index (κ2) is 10.5. The molecule has 2 atom stereocenters. The summed E-state index contributed by atoms with van der Waals surface area (Å²) in [5.41, 5.74) is 1.88. The molecule has 0 aliphatic carbocycles. The molecule has 1 aliphatic rings. The average Bonchev–Trinajstić information content (AvgIpc) is 3.45. The molecular weight excluding hydrogens is 458 g/mol. The van der Waals surface area contributed by atoms with E-state index in [0.29, 0.717) is 40.0 Å². The number of benzene rings is 2. The number of aryl methyl sites for hydroxylation is 2. The number of carbonyl (C=O) groups is 2. The van der Waals surface area contributed by atoms with E-state index < -0.39 is 6.04 Å². The highest BCUT2D eigenvalue weighted by molar-refractivity contribution is 7.13. The summed E-state index contributed by atoms with van der Waals surface area (Å²) in [7, 11) is 0. The molecule has 0 saturated carbocycles. The van der Waals surface area contributed by atoms with Crippen LogP contribution in [0.4, 0.5) is 5.69 Å². The number of aromatic nitrogens is 1. The third-order valence-corrected chi connectivity index (χ3v) is 6.85. The van der Waals surface area contributed by atoms with E-state index in [9.17, 15) is 9.59 Å². The first-order chi connectivity index (χ1) is 15.9. The van der Waals surface area contributed by atoms with Crippen LogP contribution in [-0.4, -0.2) is 36.1 Å². The van der Waals surface area contributed by atoms with Crippen molar-refractivity contribution in [3.8, 4) is 0 Å². The summed E-state index contributed by atoms with van der Waals surface area (Å²) in [5, 5.41) is 4.28. The van der Waals surface area contributed by atoms with Gasteiger partial charge in [0.15, 0.2) is 0 Å². The normalized spacial score (nSPS) is 16.4. The quantitative estimate of drug-likeness (QED) is 0.507. The van der Waals surface area contributed by atoms with E-state index in [-0.39, 0.29) is 17.9 Å². The lowest BCUT2D eigenvalue weighted by Gasteiger charge is -2.31. The SMILES string of the molecule is Cc1nc(C)c(C(=O)N(c2cccc(Cl)c2)[C@H](C(=O)NC[C@@H]2CCCO2)c2ccccc2)s1. The molecule has 0 spiro atoms. The van der Waals surface area contributed by atoms with Crippen LogP contribution in [0.1, 0.15) is 44.8 Å². The Hall–Kier alpha value is -2.74. The summed E-state index contributed by atoms with van der Waals surface area (Å²) in [5.74, 6) is -0.564. The van der Waals surface area contributed by atoms with Crippen LogP contribution in [0.2, 0.25) is 5.02 Å². The molecule has 6 nitrogen and oxygen atoms in total. The summed E-state index contributed by atoms with van der Waals surface area (Å²) in [6, 6.07) is 15.4. The van der Waals surface area contributed by atoms with Crippen LogP contribution in [0.5, 0.6) is 0 Å². The van der Waals surface area contributed by atoms with E-state index in [1.165, 1.54) is 16.2 Å². The fourth-order valence-corrected chi connectivity index (χ4v) is 5.06. The van der Waals surface area contributed by atoms with Gasteiger partial charge in [-0.2, -0.15) is 0 Å². The van der Waals surface area contributed by atoms with Crippen LogP contribution < -0.4 is 10.2 Å². The lowest BCUT2D eigenvalue weighted by molar-refractivity contribution is -0.123. The van der Waals surface area contributed by atoms with E-state index in [4.69, 9.17) is 16.3 Å². The number of nitrogens with zero attached hydrogens (tertiary/aromatic N) is 2. The third-order valence-electron chi connectivity index (χ3n) is 5.55. The van der Waals surface area contributed by atoms with E-state index in [0.717, 1.165) is 17.8 Å². The van der Waals surface area contributed by atoms with Crippen molar-refractivity contribution in [1.82, 2.24) is 10.3 Å². The van der Waals surface area contributed by atoms with E-state index >= 15 is 0 Å². The van der Waals surface area contributed by atoms with Gasteiger partial charge in [0.1, 0.15) is 10.9 Å². The minimum atomic E-state index is -0.889. The molecule has 0 bridgehead atoms. The molecular formula is C25H26ClN3O3S. The minimum absolute atomic E-state index is 0.00733. The molecule has 1 aromatic heterocycles. The summed E-state index contributed by atoms with van der Waals surface area (Å²) in [6.45, 7) is 4.78. The second-order valence-corrected chi connectivity index (χ2v) is 9.64. The van der Waals surface area contributed by atoms with Gasteiger partial charge in [0, 0.05) is 23.9 Å². The van der Waals surface area contributed by atoms with Crippen molar-refractivity contribution in [3.63, 3.8) is 0 Å². The molecule has 4 rings (SSSR count). The van der Waals surface area contributed by atoms with Gasteiger partial charge in [0.2, 0.25) is 5.91 Å². The molecule has 1 fully saturated rings. The van der Waals surface area contributed by atoms with E-state index in [1.807, 2.05) is 44.2 Å². The second-order valence-electron chi connectivity index (χ2n) is 8.00. The predicted molar refractivity (Wildman–Crippen MR) is 131 cm³/mol. The lowest BCUT2D eigenvalue weighted by Crippen LogP contribution is -2.45. The maximum Gasteiger partial charge on any atom is 0.271 e. The number of halogens is 1. The Kier molecular flexibility index (Phi) is 7.42. The zero-order chi connectivity index (χ0) is 23.4. The van der Waals surface area contributed by atoms with Crippen LogP contribution >= 0.6 is 22.9 Å². The van der Waals surface area contributed by atoms with Gasteiger partial charge in [-0.25, -0.2) is 4.98 Å². The van der Waals surface area contributed by atoms with Gasteiger partial charge < -0.3 is 10.1 Å². The lowest BCUT2D eigenvalue weighted by atomic mass is 10.0. The monoisotopic (exact) mass is 483 g/mol. The van der Waals surface area contributed by atoms with Crippen molar-refractivity contribution in [3.05, 3.63) is 80.8 Å². The molecule has 8 heteroatoms. The van der Waals surface area contributed by atoms with Crippen LogP contribution in [0.25, 0.3) is 0 Å². The zero-order valence-electron chi connectivity index (χ0n) is 18.6. The molecule has 172 valence electrons. The van der Waals surface area contributed by atoms with Crippen LogP contribution in [0.3, 0.4) is 0 Å². The standard InChI is InChI=1S/C25H26ClN3O3S/c1-16-23(33-17(2)28-16)25(31)29(20-11-6-10-19(26)14-20)22(18-8-4-3-5-9-18)24(30)27-15-21-12-7-13-32-21/h3-6,8-11,14,21-22H,7,12-13,15H2,1-2H3,(H,27,30)/t21-,22-/m0/s1. The molecule has 1 aliphatic heterocycles. The minimum Gasteiger partial charge on any atom is -0.376 e. The van der Waals surface area contributed by atoms with Crippen molar-refractivity contribution >= 4 is 40.4 Å². The predicted octanol–water partition coefficient (Wildman–Crippen LogP) is 5.10. The largest absolute Gasteiger partial charge is 0.376 e. The zero-order valence-corrected chi connectivity index (χ0v) is 20.2. The van der Waals surface area contributed by atoms with Gasteiger partial charge >= 0.3 is 0 Å². The summed E-state index contributed by atoms with van der Waals surface area (Å²) >= 11 is 7.61. The summed E-state index contributed by atoms with van der Waals surface area (Å²) in [6.07, 6.45) is 1.89. The van der Waals surface area contributed by atoms with Crippen molar-refractivity contribution in [2.24, 2.45) is 0 Å². The highest BCUT2D eigenvalue weighted by Crippen LogP contribution is 2.33. The molecule has 1 N–H and O–H groups in total.